The van der Waals surface area contributed by atoms with Crippen molar-refractivity contribution in [3.8, 4) is 0 Å². The minimum absolute atomic E-state index is 0.181. The number of rotatable bonds is 3. The van der Waals surface area contributed by atoms with E-state index >= 15 is 0 Å². The van der Waals surface area contributed by atoms with Gasteiger partial charge >= 0.3 is 0 Å². The molecule has 2 fully saturated rings. The molecule has 2 aliphatic rings. The number of thiocarbonyl (C=S) groups is 1. The Morgan fingerprint density at radius 2 is 2.24 bits per heavy atom. The van der Waals surface area contributed by atoms with Crippen molar-refractivity contribution in [1.29, 1.82) is 0 Å². The largest absolute Gasteiger partial charge is 0.360 e. The first-order chi connectivity index (χ1) is 8.04. The molecule has 4 nitrogen and oxygen atoms in total. The third-order valence-electron chi connectivity index (χ3n) is 3.07. The Morgan fingerprint density at radius 1 is 1.53 bits per heavy atom. The summed E-state index contributed by atoms with van der Waals surface area (Å²) in [4.78, 5) is 1.86. The lowest BCUT2D eigenvalue weighted by molar-refractivity contribution is 0.402. The first kappa shape index (κ1) is 13.4. The number of nitrogens with zero attached hydrogens (tertiary/aromatic N) is 1. The second-order valence-corrected chi connectivity index (χ2v) is 8.38. The van der Waals surface area contributed by atoms with Crippen molar-refractivity contribution in [3.63, 3.8) is 0 Å². The van der Waals surface area contributed by atoms with Gasteiger partial charge in [-0.1, -0.05) is 6.92 Å². The minimum atomic E-state index is -3.05. The molecule has 1 aliphatic carbocycles. The van der Waals surface area contributed by atoms with Gasteiger partial charge in [-0.2, -0.15) is 11.8 Å². The molecule has 0 bridgehead atoms. The fraction of sp³-hybridized carbons (Fsp3) is 0.900. The summed E-state index contributed by atoms with van der Waals surface area (Å²) in [7, 11) is -3.05. The summed E-state index contributed by atoms with van der Waals surface area (Å²) in [6.07, 6.45) is 2.29. The average molecular weight is 294 g/mol. The first-order valence-corrected chi connectivity index (χ1v) is 9.19. The molecule has 1 saturated carbocycles. The van der Waals surface area contributed by atoms with E-state index in [1.165, 1.54) is 0 Å². The summed E-state index contributed by atoms with van der Waals surface area (Å²) in [5.41, 5.74) is 0. The number of hydrogen-bond acceptors (Lipinski definition) is 4. The van der Waals surface area contributed by atoms with Crippen molar-refractivity contribution >= 4 is 38.9 Å². The Hall–Kier alpha value is -0.0100. The molecule has 2 rings (SSSR count). The number of sulfone groups is 1. The standard InChI is InChI=1S/C10H18N2O2S3/c1-2-17(13,14)9-7-16-6-5-12(9)10(15)11-8-3-4-8/h8-9H,2-7H2,1H3,(H,11,15). The van der Waals surface area contributed by atoms with E-state index in [1.54, 1.807) is 18.7 Å². The van der Waals surface area contributed by atoms with Gasteiger partial charge in [0.1, 0.15) is 5.37 Å². The van der Waals surface area contributed by atoms with Crippen LogP contribution in [0.5, 0.6) is 0 Å². The normalized spacial score (nSPS) is 25.7. The molecular weight excluding hydrogens is 276 g/mol. The SMILES string of the molecule is CCS(=O)(=O)C1CSCCN1C(=S)NC1CC1. The van der Waals surface area contributed by atoms with Gasteiger partial charge in [0.2, 0.25) is 0 Å². The van der Waals surface area contributed by atoms with Gasteiger partial charge in [-0.3, -0.25) is 0 Å². The Balaban J connectivity index is 2.08. The van der Waals surface area contributed by atoms with Gasteiger partial charge in [0.05, 0.1) is 0 Å². The van der Waals surface area contributed by atoms with Crippen molar-refractivity contribution in [2.24, 2.45) is 0 Å². The van der Waals surface area contributed by atoms with Crippen LogP contribution in [0.2, 0.25) is 0 Å². The fourth-order valence-corrected chi connectivity index (χ4v) is 5.22. The molecule has 1 N–H and O–H groups in total. The van der Waals surface area contributed by atoms with Crippen LogP contribution in [-0.2, 0) is 9.84 Å². The Kier molecular flexibility index (Phi) is 4.20. The Bertz CT molecular complexity index is 392. The van der Waals surface area contributed by atoms with Gasteiger partial charge in [0, 0.05) is 29.8 Å². The van der Waals surface area contributed by atoms with Crippen molar-refractivity contribution in [1.82, 2.24) is 10.2 Å². The third-order valence-corrected chi connectivity index (χ3v) is 6.71. The van der Waals surface area contributed by atoms with E-state index in [0.717, 1.165) is 25.1 Å². The van der Waals surface area contributed by atoms with Crippen LogP contribution in [0.4, 0.5) is 0 Å². The van der Waals surface area contributed by atoms with Crippen LogP contribution in [0, 0.1) is 0 Å². The highest BCUT2D eigenvalue weighted by atomic mass is 32.2. The van der Waals surface area contributed by atoms with Gasteiger partial charge in [-0.15, -0.1) is 0 Å². The maximum absolute atomic E-state index is 12.0. The van der Waals surface area contributed by atoms with Crippen LogP contribution in [0.3, 0.4) is 0 Å². The van der Waals surface area contributed by atoms with Crippen molar-refractivity contribution in [3.05, 3.63) is 0 Å². The molecule has 1 aliphatic heterocycles. The summed E-state index contributed by atoms with van der Waals surface area (Å²) in [5.74, 6) is 1.76. The second kappa shape index (κ2) is 5.32. The van der Waals surface area contributed by atoms with Crippen molar-refractivity contribution in [2.75, 3.05) is 23.8 Å². The highest BCUT2D eigenvalue weighted by molar-refractivity contribution is 8.01. The van der Waals surface area contributed by atoms with Crippen LogP contribution in [0.25, 0.3) is 0 Å². The van der Waals surface area contributed by atoms with E-state index in [2.05, 4.69) is 5.32 Å². The quantitative estimate of drug-likeness (QED) is 0.778. The first-order valence-electron chi connectivity index (χ1n) is 5.91. The van der Waals surface area contributed by atoms with Gasteiger partial charge in [-0.05, 0) is 25.1 Å². The van der Waals surface area contributed by atoms with Crippen LogP contribution in [0.1, 0.15) is 19.8 Å². The summed E-state index contributed by atoms with van der Waals surface area (Å²) >= 11 is 7.02. The van der Waals surface area contributed by atoms with E-state index in [1.807, 2.05) is 4.90 Å². The topological polar surface area (TPSA) is 49.4 Å². The van der Waals surface area contributed by atoms with Crippen LogP contribution in [0.15, 0.2) is 0 Å². The molecular formula is C10H18N2O2S3. The van der Waals surface area contributed by atoms with Gasteiger partial charge < -0.3 is 10.2 Å². The third kappa shape index (κ3) is 3.26. The molecule has 0 aromatic carbocycles. The van der Waals surface area contributed by atoms with E-state index in [9.17, 15) is 8.42 Å². The molecule has 98 valence electrons. The number of nitrogens with one attached hydrogen (secondary N) is 1. The molecule has 1 saturated heterocycles. The lowest BCUT2D eigenvalue weighted by atomic mass is 10.5. The van der Waals surface area contributed by atoms with Crippen molar-refractivity contribution < 1.29 is 8.42 Å². The molecule has 0 amide bonds. The summed E-state index contributed by atoms with van der Waals surface area (Å²) < 4.78 is 24.1. The Labute approximate surface area is 112 Å². The van der Waals surface area contributed by atoms with Crippen LogP contribution < -0.4 is 5.32 Å². The monoisotopic (exact) mass is 294 g/mol. The second-order valence-electron chi connectivity index (χ2n) is 4.40. The lowest BCUT2D eigenvalue weighted by Gasteiger charge is -2.36. The highest BCUT2D eigenvalue weighted by Gasteiger charge is 2.35. The predicted molar refractivity (Wildman–Crippen MR) is 76.0 cm³/mol. The lowest BCUT2D eigenvalue weighted by Crippen LogP contribution is -2.54. The molecule has 17 heavy (non-hydrogen) atoms. The van der Waals surface area contributed by atoms with Gasteiger partial charge in [0.15, 0.2) is 14.9 Å². The zero-order valence-electron chi connectivity index (χ0n) is 9.89. The molecule has 0 spiro atoms. The smallest absolute Gasteiger partial charge is 0.171 e. The molecule has 7 heteroatoms. The maximum Gasteiger partial charge on any atom is 0.171 e. The molecule has 1 heterocycles. The Morgan fingerprint density at radius 3 is 2.82 bits per heavy atom. The van der Waals surface area contributed by atoms with E-state index in [4.69, 9.17) is 12.2 Å². The maximum atomic E-state index is 12.0. The predicted octanol–water partition coefficient (Wildman–Crippen LogP) is 0.833. The fourth-order valence-electron chi connectivity index (χ4n) is 1.79. The minimum Gasteiger partial charge on any atom is -0.360 e. The highest BCUT2D eigenvalue weighted by Crippen LogP contribution is 2.24. The summed E-state index contributed by atoms with van der Waals surface area (Å²) in [6, 6.07) is 0.474. The van der Waals surface area contributed by atoms with Crippen LogP contribution in [-0.4, -0.2) is 53.6 Å². The molecule has 0 radical (unpaired) electrons. The van der Waals surface area contributed by atoms with E-state index < -0.39 is 15.2 Å². The summed E-state index contributed by atoms with van der Waals surface area (Å²) in [5, 5.41) is 3.41. The van der Waals surface area contributed by atoms with E-state index in [-0.39, 0.29) is 5.75 Å². The molecule has 0 aromatic heterocycles. The van der Waals surface area contributed by atoms with Gasteiger partial charge in [-0.25, -0.2) is 8.42 Å². The number of thioether (sulfide) groups is 1. The molecule has 1 unspecified atom stereocenters. The zero-order chi connectivity index (χ0) is 12.5. The van der Waals surface area contributed by atoms with Crippen molar-refractivity contribution in [2.45, 2.75) is 31.2 Å². The zero-order valence-corrected chi connectivity index (χ0v) is 12.3. The average Bonchev–Trinajstić information content (AvgIpc) is 3.13. The van der Waals surface area contributed by atoms with Crippen LogP contribution >= 0.6 is 24.0 Å². The summed E-state index contributed by atoms with van der Waals surface area (Å²) in [6.45, 7) is 2.43. The van der Waals surface area contributed by atoms with E-state index in [0.29, 0.717) is 16.9 Å². The number of hydrogen-bond donors (Lipinski definition) is 1. The molecule has 1 atom stereocenters. The molecule has 0 aromatic rings. The van der Waals surface area contributed by atoms with Gasteiger partial charge in [0.25, 0.3) is 0 Å².